The average molecular weight is 276 g/mol. The number of pyridine rings is 1. The van der Waals surface area contributed by atoms with Gasteiger partial charge in [0, 0.05) is 23.9 Å². The number of amides is 1. The van der Waals surface area contributed by atoms with Crippen LogP contribution in [0.5, 0.6) is 0 Å². The summed E-state index contributed by atoms with van der Waals surface area (Å²) in [5.74, 6) is 6.99. The highest BCUT2D eigenvalue weighted by molar-refractivity contribution is 6.03. The average Bonchev–Trinajstić information content (AvgIpc) is 2.52. The van der Waals surface area contributed by atoms with Crippen LogP contribution in [0.2, 0.25) is 0 Å². The minimum absolute atomic E-state index is 0.123. The highest BCUT2D eigenvalue weighted by Gasteiger charge is 2.45. The van der Waals surface area contributed by atoms with Crippen LogP contribution >= 0.6 is 0 Å². The lowest BCUT2D eigenvalue weighted by atomic mass is 9.83. The fourth-order valence-electron chi connectivity index (χ4n) is 2.28. The topological polar surface area (TPSA) is 33.2 Å². The molecule has 0 aliphatic carbocycles. The Labute approximate surface area is 124 Å². The van der Waals surface area contributed by atoms with Gasteiger partial charge in [-0.3, -0.25) is 9.69 Å². The predicted octanol–water partition coefficient (Wildman–Crippen LogP) is 2.85. The number of carbonyl (C=O) groups is 1. The first-order valence-electron chi connectivity index (χ1n) is 6.91. The molecular weight excluding hydrogens is 260 g/mol. The third-order valence-electron chi connectivity index (χ3n) is 3.53. The Hall–Kier alpha value is -2.60. The fourth-order valence-corrected chi connectivity index (χ4v) is 2.28. The first kappa shape index (κ1) is 13.4. The zero-order chi connectivity index (χ0) is 14.9. The van der Waals surface area contributed by atoms with Gasteiger partial charge in [-0.15, -0.1) is 0 Å². The molecule has 1 amide bonds. The van der Waals surface area contributed by atoms with Crippen LogP contribution < -0.4 is 4.90 Å². The largest absolute Gasteiger partial charge is 0.295 e. The first-order valence-corrected chi connectivity index (χ1v) is 6.91. The van der Waals surface area contributed by atoms with E-state index in [4.69, 9.17) is 0 Å². The number of aromatic nitrogens is 1. The van der Waals surface area contributed by atoms with Gasteiger partial charge in [0.1, 0.15) is 5.82 Å². The number of benzene rings is 1. The summed E-state index contributed by atoms with van der Waals surface area (Å²) < 4.78 is 0. The van der Waals surface area contributed by atoms with Crippen LogP contribution in [0.15, 0.2) is 48.7 Å². The molecule has 104 valence electrons. The molecule has 1 aromatic heterocycles. The summed E-state index contributed by atoms with van der Waals surface area (Å²) in [7, 11) is 0. The Morgan fingerprint density at radius 1 is 1.05 bits per heavy atom. The molecule has 0 spiro atoms. The number of anilines is 1. The Morgan fingerprint density at radius 3 is 2.33 bits per heavy atom. The fraction of sp³-hybridized carbons (Fsp3) is 0.222. The van der Waals surface area contributed by atoms with Crippen LogP contribution in [0.4, 0.5) is 5.82 Å². The van der Waals surface area contributed by atoms with Crippen LogP contribution in [-0.4, -0.2) is 17.4 Å². The van der Waals surface area contributed by atoms with Gasteiger partial charge in [-0.05, 0) is 38.1 Å². The molecule has 0 radical (unpaired) electrons. The summed E-state index contributed by atoms with van der Waals surface area (Å²) in [5.41, 5.74) is 1.56. The third kappa shape index (κ3) is 2.66. The van der Waals surface area contributed by atoms with Crippen molar-refractivity contribution in [2.24, 2.45) is 5.41 Å². The maximum atomic E-state index is 11.9. The highest BCUT2D eigenvalue weighted by atomic mass is 16.2. The van der Waals surface area contributed by atoms with E-state index in [0.717, 1.165) is 11.1 Å². The van der Waals surface area contributed by atoms with Crippen LogP contribution in [0.3, 0.4) is 0 Å². The van der Waals surface area contributed by atoms with Gasteiger partial charge >= 0.3 is 0 Å². The van der Waals surface area contributed by atoms with E-state index in [9.17, 15) is 4.79 Å². The zero-order valence-corrected chi connectivity index (χ0v) is 12.1. The molecule has 0 N–H and O–H groups in total. The van der Waals surface area contributed by atoms with Gasteiger partial charge in [0.25, 0.3) is 0 Å². The van der Waals surface area contributed by atoms with Crippen LogP contribution in [0.25, 0.3) is 0 Å². The number of hydrogen-bond acceptors (Lipinski definition) is 2. The van der Waals surface area contributed by atoms with E-state index in [1.807, 2.05) is 56.3 Å². The summed E-state index contributed by atoms with van der Waals surface area (Å²) in [6, 6.07) is 13.6. The van der Waals surface area contributed by atoms with E-state index < -0.39 is 0 Å². The van der Waals surface area contributed by atoms with E-state index in [2.05, 4.69) is 16.8 Å². The molecule has 1 saturated heterocycles. The molecule has 3 nitrogen and oxygen atoms in total. The number of carbonyl (C=O) groups excluding carboxylic acids is 1. The van der Waals surface area contributed by atoms with Crippen molar-refractivity contribution in [3.8, 4) is 11.8 Å². The number of rotatable bonds is 1. The van der Waals surface area contributed by atoms with Crippen molar-refractivity contribution in [3.63, 3.8) is 0 Å². The maximum absolute atomic E-state index is 11.9. The van der Waals surface area contributed by atoms with E-state index in [0.29, 0.717) is 12.4 Å². The number of β-lactam (4-membered cyclic amide) rings is 1. The second kappa shape index (κ2) is 5.06. The second-order valence-electron chi connectivity index (χ2n) is 5.80. The molecule has 3 heteroatoms. The van der Waals surface area contributed by atoms with Crippen molar-refractivity contribution >= 4 is 11.7 Å². The molecule has 1 aromatic carbocycles. The van der Waals surface area contributed by atoms with Gasteiger partial charge in [0.05, 0.1) is 5.41 Å². The van der Waals surface area contributed by atoms with Crippen molar-refractivity contribution in [1.29, 1.82) is 0 Å². The minimum atomic E-state index is -0.256. The van der Waals surface area contributed by atoms with Crippen LogP contribution in [0.1, 0.15) is 25.0 Å². The van der Waals surface area contributed by atoms with Crippen molar-refractivity contribution in [1.82, 2.24) is 4.98 Å². The Balaban J connectivity index is 1.74. The molecule has 0 bridgehead atoms. The Bertz CT molecular complexity index is 721. The normalized spacial score (nSPS) is 15.9. The lowest BCUT2D eigenvalue weighted by molar-refractivity contribution is -0.132. The van der Waals surface area contributed by atoms with Gasteiger partial charge in [0.15, 0.2) is 0 Å². The number of hydrogen-bond donors (Lipinski definition) is 0. The smallest absolute Gasteiger partial charge is 0.235 e. The Morgan fingerprint density at radius 2 is 1.76 bits per heavy atom. The summed E-state index contributed by atoms with van der Waals surface area (Å²) in [6.45, 7) is 4.62. The molecule has 3 rings (SSSR count). The van der Waals surface area contributed by atoms with Crippen molar-refractivity contribution < 1.29 is 4.79 Å². The Kier molecular flexibility index (Phi) is 3.23. The number of nitrogens with zero attached hydrogens (tertiary/aromatic N) is 2. The quantitative estimate of drug-likeness (QED) is 0.593. The van der Waals surface area contributed by atoms with Gasteiger partial charge in [-0.25, -0.2) is 4.98 Å². The maximum Gasteiger partial charge on any atom is 0.235 e. The van der Waals surface area contributed by atoms with Crippen LogP contribution in [0, 0.1) is 17.3 Å². The van der Waals surface area contributed by atoms with Gasteiger partial charge in [-0.1, -0.05) is 30.0 Å². The molecule has 1 fully saturated rings. The predicted molar refractivity (Wildman–Crippen MR) is 82.8 cm³/mol. The molecule has 1 aliphatic rings. The van der Waals surface area contributed by atoms with E-state index in [1.165, 1.54) is 0 Å². The van der Waals surface area contributed by atoms with E-state index in [-0.39, 0.29) is 11.3 Å². The molecule has 0 saturated carbocycles. The summed E-state index contributed by atoms with van der Waals surface area (Å²) in [5, 5.41) is 0. The standard InChI is InChI=1S/C18H16N2O/c1-18(2)13-20(17(18)21)16-11-10-15(12-19-16)9-8-14-6-4-3-5-7-14/h3-7,10-12H,13H2,1-2H3. The SMILES string of the molecule is CC1(C)CN(c2ccc(C#Cc3ccccc3)cn2)C1=O. The van der Waals surface area contributed by atoms with Crippen molar-refractivity contribution in [2.45, 2.75) is 13.8 Å². The highest BCUT2D eigenvalue weighted by Crippen LogP contribution is 2.33. The second-order valence-corrected chi connectivity index (χ2v) is 5.80. The third-order valence-corrected chi connectivity index (χ3v) is 3.53. The van der Waals surface area contributed by atoms with Gasteiger partial charge < -0.3 is 0 Å². The summed E-state index contributed by atoms with van der Waals surface area (Å²) >= 11 is 0. The molecular formula is C18H16N2O. The molecule has 0 unspecified atom stereocenters. The molecule has 2 aromatic rings. The van der Waals surface area contributed by atoms with E-state index >= 15 is 0 Å². The zero-order valence-electron chi connectivity index (χ0n) is 12.1. The first-order chi connectivity index (χ1) is 10.1. The molecule has 1 aliphatic heterocycles. The van der Waals surface area contributed by atoms with Crippen molar-refractivity contribution in [3.05, 3.63) is 59.8 Å². The van der Waals surface area contributed by atoms with Crippen molar-refractivity contribution in [2.75, 3.05) is 11.4 Å². The molecule has 0 atom stereocenters. The monoisotopic (exact) mass is 276 g/mol. The summed E-state index contributed by atoms with van der Waals surface area (Å²) in [6.07, 6.45) is 1.71. The lowest BCUT2D eigenvalue weighted by Crippen LogP contribution is -2.59. The van der Waals surface area contributed by atoms with Gasteiger partial charge in [-0.2, -0.15) is 0 Å². The molecule has 21 heavy (non-hydrogen) atoms. The van der Waals surface area contributed by atoms with Gasteiger partial charge in [0.2, 0.25) is 5.91 Å². The lowest BCUT2D eigenvalue weighted by Gasteiger charge is -2.43. The van der Waals surface area contributed by atoms with Crippen LogP contribution in [-0.2, 0) is 4.79 Å². The van der Waals surface area contributed by atoms with E-state index in [1.54, 1.807) is 11.1 Å². The summed E-state index contributed by atoms with van der Waals surface area (Å²) in [4.78, 5) is 18.0. The minimum Gasteiger partial charge on any atom is -0.295 e. The molecule has 2 heterocycles.